The maximum atomic E-state index is 12.1. The van der Waals surface area contributed by atoms with Gasteiger partial charge in [0.15, 0.2) is 0 Å². The van der Waals surface area contributed by atoms with Gasteiger partial charge in [0.2, 0.25) is 0 Å². The molecule has 0 aliphatic carbocycles. The van der Waals surface area contributed by atoms with Gasteiger partial charge in [-0.15, -0.1) is 11.3 Å². The standard InChI is InChI=1S/C14H19N3OS2/c1-19-9-4-2-3-7-16-13(18)12-11(15)10-6-5-8-17-14(10)20-12/h5-6,8H,2-4,7,9,15H2,1H3,(H,16,18). The fraction of sp³-hybridized carbons (Fsp3) is 0.429. The Morgan fingerprint density at radius 3 is 3.05 bits per heavy atom. The van der Waals surface area contributed by atoms with Crippen molar-refractivity contribution in [3.05, 3.63) is 23.2 Å². The summed E-state index contributed by atoms with van der Waals surface area (Å²) in [6.45, 7) is 0.703. The third-order valence-corrected chi connectivity index (χ3v) is 4.85. The molecule has 0 aromatic carbocycles. The molecule has 0 unspecified atom stereocenters. The van der Waals surface area contributed by atoms with Gasteiger partial charge in [0.25, 0.3) is 5.91 Å². The smallest absolute Gasteiger partial charge is 0.263 e. The number of fused-ring (bicyclic) bond motifs is 1. The van der Waals surface area contributed by atoms with Crippen LogP contribution in [-0.2, 0) is 0 Å². The molecule has 2 aromatic rings. The second-order valence-electron chi connectivity index (χ2n) is 4.51. The molecule has 2 aromatic heterocycles. The number of anilines is 1. The van der Waals surface area contributed by atoms with Crippen molar-refractivity contribution >= 4 is 44.9 Å². The van der Waals surface area contributed by atoms with Crippen LogP contribution in [0.4, 0.5) is 5.69 Å². The van der Waals surface area contributed by atoms with E-state index >= 15 is 0 Å². The van der Waals surface area contributed by atoms with Crippen LogP contribution in [-0.4, -0.2) is 29.4 Å². The van der Waals surface area contributed by atoms with Crippen LogP contribution in [0.5, 0.6) is 0 Å². The van der Waals surface area contributed by atoms with E-state index in [-0.39, 0.29) is 5.91 Å². The largest absolute Gasteiger partial charge is 0.397 e. The first-order valence-electron chi connectivity index (χ1n) is 6.64. The molecule has 0 bridgehead atoms. The quantitative estimate of drug-likeness (QED) is 0.771. The van der Waals surface area contributed by atoms with Gasteiger partial charge in [-0.3, -0.25) is 4.79 Å². The predicted octanol–water partition coefficient (Wildman–Crippen LogP) is 3.14. The molecule has 0 atom stereocenters. The summed E-state index contributed by atoms with van der Waals surface area (Å²) in [5.41, 5.74) is 6.56. The number of unbranched alkanes of at least 4 members (excludes halogenated alkanes) is 2. The second-order valence-corrected chi connectivity index (χ2v) is 6.50. The average Bonchev–Trinajstić information content (AvgIpc) is 2.80. The molecular weight excluding hydrogens is 290 g/mol. The van der Waals surface area contributed by atoms with E-state index < -0.39 is 0 Å². The zero-order chi connectivity index (χ0) is 14.4. The third-order valence-electron chi connectivity index (χ3n) is 3.02. The van der Waals surface area contributed by atoms with Gasteiger partial charge in [-0.25, -0.2) is 4.98 Å². The molecule has 0 saturated heterocycles. The number of aromatic nitrogens is 1. The highest BCUT2D eigenvalue weighted by Gasteiger charge is 2.16. The van der Waals surface area contributed by atoms with Gasteiger partial charge in [-0.2, -0.15) is 11.8 Å². The zero-order valence-electron chi connectivity index (χ0n) is 11.5. The predicted molar refractivity (Wildman–Crippen MR) is 88.6 cm³/mol. The first-order valence-corrected chi connectivity index (χ1v) is 8.85. The minimum Gasteiger partial charge on any atom is -0.397 e. The molecule has 0 spiro atoms. The second kappa shape index (κ2) is 7.50. The lowest BCUT2D eigenvalue weighted by Crippen LogP contribution is -2.24. The Labute approximate surface area is 127 Å². The topological polar surface area (TPSA) is 68.0 Å². The molecule has 3 N–H and O–H groups in total. The monoisotopic (exact) mass is 309 g/mol. The van der Waals surface area contributed by atoms with Crippen molar-refractivity contribution in [2.45, 2.75) is 19.3 Å². The number of nitrogens with one attached hydrogen (secondary N) is 1. The molecule has 0 aliphatic rings. The van der Waals surface area contributed by atoms with Crippen LogP contribution in [0.2, 0.25) is 0 Å². The number of hydrogen-bond acceptors (Lipinski definition) is 5. The molecule has 0 saturated carbocycles. The summed E-state index contributed by atoms with van der Waals surface area (Å²) >= 11 is 3.21. The van der Waals surface area contributed by atoms with Gasteiger partial charge >= 0.3 is 0 Å². The van der Waals surface area contributed by atoms with Crippen LogP contribution < -0.4 is 11.1 Å². The molecule has 20 heavy (non-hydrogen) atoms. The van der Waals surface area contributed by atoms with Crippen molar-refractivity contribution in [3.63, 3.8) is 0 Å². The summed E-state index contributed by atoms with van der Waals surface area (Å²) < 4.78 is 0. The van der Waals surface area contributed by atoms with Crippen LogP contribution >= 0.6 is 23.1 Å². The number of nitrogens with zero attached hydrogens (tertiary/aromatic N) is 1. The highest BCUT2D eigenvalue weighted by molar-refractivity contribution is 7.98. The van der Waals surface area contributed by atoms with E-state index in [1.54, 1.807) is 6.20 Å². The van der Waals surface area contributed by atoms with Gasteiger partial charge in [0.1, 0.15) is 9.71 Å². The van der Waals surface area contributed by atoms with Crippen LogP contribution in [0, 0.1) is 0 Å². The number of carbonyl (C=O) groups is 1. The molecule has 6 heteroatoms. The van der Waals surface area contributed by atoms with E-state index in [1.165, 1.54) is 23.5 Å². The Morgan fingerprint density at radius 1 is 1.45 bits per heavy atom. The number of carbonyl (C=O) groups excluding carboxylic acids is 1. The van der Waals surface area contributed by atoms with Crippen LogP contribution in [0.15, 0.2) is 18.3 Å². The van der Waals surface area contributed by atoms with Crippen LogP contribution in [0.1, 0.15) is 28.9 Å². The van der Waals surface area contributed by atoms with E-state index in [2.05, 4.69) is 16.6 Å². The summed E-state index contributed by atoms with van der Waals surface area (Å²) in [6, 6.07) is 3.73. The molecule has 0 fully saturated rings. The van der Waals surface area contributed by atoms with Crippen LogP contribution in [0.25, 0.3) is 10.2 Å². The van der Waals surface area contributed by atoms with Gasteiger partial charge < -0.3 is 11.1 Å². The highest BCUT2D eigenvalue weighted by atomic mass is 32.2. The first-order chi connectivity index (χ1) is 9.74. The maximum absolute atomic E-state index is 12.1. The minimum absolute atomic E-state index is 0.0876. The van der Waals surface area contributed by atoms with E-state index in [0.29, 0.717) is 17.1 Å². The van der Waals surface area contributed by atoms with Gasteiger partial charge in [0.05, 0.1) is 5.69 Å². The van der Waals surface area contributed by atoms with Gasteiger partial charge in [0, 0.05) is 18.1 Å². The number of pyridine rings is 1. The molecule has 108 valence electrons. The van der Waals surface area contributed by atoms with Crippen molar-refractivity contribution in [2.75, 3.05) is 24.3 Å². The Hall–Kier alpha value is -1.27. The average molecular weight is 309 g/mol. The Morgan fingerprint density at radius 2 is 2.30 bits per heavy atom. The molecule has 4 nitrogen and oxygen atoms in total. The van der Waals surface area contributed by atoms with Gasteiger partial charge in [-0.1, -0.05) is 6.42 Å². The summed E-state index contributed by atoms with van der Waals surface area (Å²) in [7, 11) is 0. The van der Waals surface area contributed by atoms with Crippen molar-refractivity contribution in [2.24, 2.45) is 0 Å². The molecule has 2 rings (SSSR count). The Kier molecular flexibility index (Phi) is 5.67. The molecular formula is C14H19N3OS2. The maximum Gasteiger partial charge on any atom is 0.263 e. The van der Waals surface area contributed by atoms with E-state index in [1.807, 2.05) is 23.9 Å². The number of thiophene rings is 1. The molecule has 0 radical (unpaired) electrons. The highest BCUT2D eigenvalue weighted by Crippen LogP contribution is 2.31. The van der Waals surface area contributed by atoms with Crippen molar-refractivity contribution in [1.82, 2.24) is 10.3 Å². The summed E-state index contributed by atoms with van der Waals surface area (Å²) in [5, 5.41) is 3.80. The normalized spacial score (nSPS) is 10.8. The van der Waals surface area contributed by atoms with E-state index in [0.717, 1.165) is 23.1 Å². The number of nitrogens with two attached hydrogens (primary N) is 1. The first kappa shape index (κ1) is 15.1. The lowest BCUT2D eigenvalue weighted by Gasteiger charge is -2.04. The number of nitrogen functional groups attached to an aromatic ring is 1. The summed E-state index contributed by atoms with van der Waals surface area (Å²) in [4.78, 5) is 17.7. The van der Waals surface area contributed by atoms with E-state index in [9.17, 15) is 4.79 Å². The van der Waals surface area contributed by atoms with Crippen molar-refractivity contribution < 1.29 is 4.79 Å². The lowest BCUT2D eigenvalue weighted by atomic mass is 10.2. The number of rotatable bonds is 7. The SMILES string of the molecule is CSCCCCCNC(=O)c1sc2ncccc2c1N. The van der Waals surface area contributed by atoms with Gasteiger partial charge in [-0.05, 0) is 37.0 Å². The fourth-order valence-corrected chi connectivity index (χ4v) is 3.42. The lowest BCUT2D eigenvalue weighted by molar-refractivity contribution is 0.0958. The van der Waals surface area contributed by atoms with Crippen molar-refractivity contribution in [3.8, 4) is 0 Å². The molecule has 2 heterocycles. The number of amides is 1. The summed E-state index contributed by atoms with van der Waals surface area (Å²) in [5.74, 6) is 1.10. The number of thioether (sulfide) groups is 1. The van der Waals surface area contributed by atoms with Crippen molar-refractivity contribution in [1.29, 1.82) is 0 Å². The third kappa shape index (κ3) is 3.64. The molecule has 0 aliphatic heterocycles. The zero-order valence-corrected chi connectivity index (χ0v) is 13.1. The summed E-state index contributed by atoms with van der Waals surface area (Å²) in [6.07, 6.45) is 7.18. The fourth-order valence-electron chi connectivity index (χ4n) is 1.95. The number of hydrogen-bond donors (Lipinski definition) is 2. The Bertz CT molecular complexity index is 583. The minimum atomic E-state index is -0.0876. The van der Waals surface area contributed by atoms with E-state index in [4.69, 9.17) is 5.73 Å². The Balaban J connectivity index is 1.89. The van der Waals surface area contributed by atoms with Crippen LogP contribution in [0.3, 0.4) is 0 Å². The molecule has 1 amide bonds.